The lowest BCUT2D eigenvalue weighted by Crippen LogP contribution is -2.24. The molecule has 2 aromatic carbocycles. The lowest BCUT2D eigenvalue weighted by molar-refractivity contribution is -0.117. The Kier molecular flexibility index (Phi) is 4.72. The molecule has 1 unspecified atom stereocenters. The molecule has 1 fully saturated rings. The summed E-state index contributed by atoms with van der Waals surface area (Å²) in [6, 6.07) is 8.43. The molecule has 0 spiro atoms. The molecule has 0 aliphatic carbocycles. The highest BCUT2D eigenvalue weighted by Gasteiger charge is 2.35. The summed E-state index contributed by atoms with van der Waals surface area (Å²) in [6.07, 6.45) is 0.160. The average Bonchev–Trinajstić information content (AvgIpc) is 3.31. The number of methoxy groups -OCH3 is 1. The first-order valence-corrected chi connectivity index (χ1v) is 8.77. The molecule has 9 heteroatoms. The van der Waals surface area contributed by atoms with Crippen LogP contribution < -0.4 is 9.64 Å². The van der Waals surface area contributed by atoms with Gasteiger partial charge in [0.05, 0.1) is 18.1 Å². The third-order valence-electron chi connectivity index (χ3n) is 4.54. The third-order valence-corrected chi connectivity index (χ3v) is 4.83. The van der Waals surface area contributed by atoms with Crippen LogP contribution in [0.15, 0.2) is 40.9 Å². The molecule has 4 rings (SSSR count). The van der Waals surface area contributed by atoms with Gasteiger partial charge in [0.1, 0.15) is 5.82 Å². The third kappa shape index (κ3) is 3.31. The van der Waals surface area contributed by atoms with Crippen molar-refractivity contribution in [2.24, 2.45) is 0 Å². The van der Waals surface area contributed by atoms with Crippen molar-refractivity contribution >= 4 is 23.2 Å². The van der Waals surface area contributed by atoms with E-state index in [9.17, 15) is 13.6 Å². The predicted molar refractivity (Wildman–Crippen MR) is 97.4 cm³/mol. The monoisotopic (exact) mass is 405 g/mol. The summed E-state index contributed by atoms with van der Waals surface area (Å²) < 4.78 is 37.4. The fourth-order valence-corrected chi connectivity index (χ4v) is 3.27. The molecule has 0 saturated carbocycles. The van der Waals surface area contributed by atoms with Gasteiger partial charge in [0, 0.05) is 24.2 Å². The molecule has 1 aromatic heterocycles. The Morgan fingerprint density at radius 3 is 2.75 bits per heavy atom. The van der Waals surface area contributed by atoms with Crippen molar-refractivity contribution in [3.63, 3.8) is 0 Å². The quantitative estimate of drug-likeness (QED) is 0.650. The maximum absolute atomic E-state index is 13.9. The number of rotatable bonds is 4. The molecule has 144 valence electrons. The summed E-state index contributed by atoms with van der Waals surface area (Å²) in [7, 11) is 1.38. The second kappa shape index (κ2) is 7.20. The molecule has 0 radical (unpaired) electrons. The number of benzene rings is 2. The van der Waals surface area contributed by atoms with Crippen molar-refractivity contribution in [3.05, 3.63) is 58.9 Å². The zero-order valence-corrected chi connectivity index (χ0v) is 15.4. The number of hydrogen-bond donors (Lipinski definition) is 0. The fourth-order valence-electron chi connectivity index (χ4n) is 3.10. The Morgan fingerprint density at radius 1 is 1.21 bits per heavy atom. The summed E-state index contributed by atoms with van der Waals surface area (Å²) in [5.74, 6) is -0.989. The van der Waals surface area contributed by atoms with Gasteiger partial charge in [-0.15, -0.1) is 0 Å². The van der Waals surface area contributed by atoms with Gasteiger partial charge in [0.15, 0.2) is 11.6 Å². The van der Waals surface area contributed by atoms with E-state index in [0.717, 1.165) is 0 Å². The van der Waals surface area contributed by atoms with Gasteiger partial charge in [-0.25, -0.2) is 8.78 Å². The van der Waals surface area contributed by atoms with E-state index in [-0.39, 0.29) is 40.7 Å². The van der Waals surface area contributed by atoms with Gasteiger partial charge in [0.2, 0.25) is 17.6 Å². The number of halogens is 3. The van der Waals surface area contributed by atoms with E-state index in [1.807, 2.05) is 0 Å². The van der Waals surface area contributed by atoms with Crippen LogP contribution in [0, 0.1) is 11.6 Å². The van der Waals surface area contributed by atoms with Gasteiger partial charge < -0.3 is 14.2 Å². The Hall–Kier alpha value is -3.00. The summed E-state index contributed by atoms with van der Waals surface area (Å²) >= 11 is 5.81. The Bertz CT molecular complexity index is 1060. The van der Waals surface area contributed by atoms with Crippen LogP contribution in [0.3, 0.4) is 0 Å². The molecule has 1 amide bonds. The SMILES string of the molecule is COc1ccc(-c2noc(C3CC(=O)N(c4ccc(F)c(Cl)c4)C3)n2)cc1F. The normalized spacial score (nSPS) is 16.6. The summed E-state index contributed by atoms with van der Waals surface area (Å²) in [5, 5.41) is 3.82. The minimum absolute atomic E-state index is 0.0599. The molecular formula is C19H14ClF2N3O3. The van der Waals surface area contributed by atoms with Crippen LogP contribution in [0.2, 0.25) is 5.02 Å². The van der Waals surface area contributed by atoms with Crippen LogP contribution >= 0.6 is 11.6 Å². The van der Waals surface area contributed by atoms with Crippen LogP contribution in [-0.4, -0.2) is 29.7 Å². The van der Waals surface area contributed by atoms with E-state index in [1.165, 1.54) is 42.3 Å². The molecule has 6 nitrogen and oxygen atoms in total. The Balaban J connectivity index is 1.55. The van der Waals surface area contributed by atoms with E-state index in [0.29, 0.717) is 17.8 Å². The van der Waals surface area contributed by atoms with E-state index in [2.05, 4.69) is 10.1 Å². The van der Waals surface area contributed by atoms with Gasteiger partial charge in [-0.1, -0.05) is 16.8 Å². The molecular weight excluding hydrogens is 392 g/mol. The first-order chi connectivity index (χ1) is 13.5. The van der Waals surface area contributed by atoms with Gasteiger partial charge in [0.25, 0.3) is 0 Å². The molecule has 1 atom stereocenters. The standard InChI is InChI=1S/C19H14ClF2N3O3/c1-27-16-5-2-10(6-15(16)22)18-23-19(28-24-18)11-7-17(26)25(9-11)12-3-4-14(21)13(20)8-12/h2-6,8,11H,7,9H2,1H3. The van der Waals surface area contributed by atoms with Crippen LogP contribution in [0.1, 0.15) is 18.2 Å². The fraction of sp³-hybridized carbons (Fsp3) is 0.211. The molecule has 3 aromatic rings. The second-order valence-corrected chi connectivity index (χ2v) is 6.72. The molecule has 28 heavy (non-hydrogen) atoms. The minimum Gasteiger partial charge on any atom is -0.494 e. The topological polar surface area (TPSA) is 68.5 Å². The van der Waals surface area contributed by atoms with Crippen LogP contribution in [0.4, 0.5) is 14.5 Å². The maximum atomic E-state index is 13.9. The van der Waals surface area contributed by atoms with Crippen LogP contribution in [0.25, 0.3) is 11.4 Å². The Morgan fingerprint density at radius 2 is 2.04 bits per heavy atom. The minimum atomic E-state index is -0.554. The predicted octanol–water partition coefficient (Wildman–Crippen LogP) is 4.20. The lowest BCUT2D eigenvalue weighted by Gasteiger charge is -2.16. The van der Waals surface area contributed by atoms with Gasteiger partial charge >= 0.3 is 0 Å². The number of aromatic nitrogens is 2. The highest BCUT2D eigenvalue weighted by Crippen LogP contribution is 2.33. The first kappa shape index (κ1) is 18.4. The zero-order chi connectivity index (χ0) is 19.8. The summed E-state index contributed by atoms with van der Waals surface area (Å²) in [5.41, 5.74) is 0.927. The van der Waals surface area contributed by atoms with E-state index < -0.39 is 11.6 Å². The largest absolute Gasteiger partial charge is 0.494 e. The lowest BCUT2D eigenvalue weighted by atomic mass is 10.1. The van der Waals surface area contributed by atoms with Crippen LogP contribution in [-0.2, 0) is 4.79 Å². The first-order valence-electron chi connectivity index (χ1n) is 8.39. The van der Waals surface area contributed by atoms with E-state index >= 15 is 0 Å². The van der Waals surface area contributed by atoms with Crippen LogP contribution in [0.5, 0.6) is 5.75 Å². The molecule has 2 heterocycles. The summed E-state index contributed by atoms with van der Waals surface area (Å²) in [4.78, 5) is 18.2. The number of amides is 1. The van der Waals surface area contributed by atoms with Gasteiger partial charge in [-0.2, -0.15) is 4.98 Å². The van der Waals surface area contributed by atoms with Crippen molar-refractivity contribution in [2.45, 2.75) is 12.3 Å². The molecule has 0 N–H and O–H groups in total. The van der Waals surface area contributed by atoms with Crippen molar-refractivity contribution in [3.8, 4) is 17.1 Å². The number of nitrogens with zero attached hydrogens (tertiary/aromatic N) is 3. The number of ether oxygens (including phenoxy) is 1. The summed E-state index contributed by atoms with van der Waals surface area (Å²) in [6.45, 7) is 0.291. The maximum Gasteiger partial charge on any atom is 0.232 e. The van der Waals surface area contributed by atoms with E-state index in [4.69, 9.17) is 20.9 Å². The smallest absolute Gasteiger partial charge is 0.232 e. The Labute approximate surface area is 163 Å². The van der Waals surface area contributed by atoms with Gasteiger partial charge in [-0.3, -0.25) is 4.79 Å². The number of carbonyl (C=O) groups is 1. The van der Waals surface area contributed by atoms with E-state index in [1.54, 1.807) is 6.07 Å². The molecule has 1 aliphatic heterocycles. The highest BCUT2D eigenvalue weighted by atomic mass is 35.5. The van der Waals surface area contributed by atoms with Gasteiger partial charge in [-0.05, 0) is 36.4 Å². The van der Waals surface area contributed by atoms with Crippen molar-refractivity contribution in [1.82, 2.24) is 10.1 Å². The molecule has 0 bridgehead atoms. The molecule has 1 saturated heterocycles. The van der Waals surface area contributed by atoms with Crippen molar-refractivity contribution < 1.29 is 22.8 Å². The highest BCUT2D eigenvalue weighted by molar-refractivity contribution is 6.31. The van der Waals surface area contributed by atoms with Crippen molar-refractivity contribution in [2.75, 3.05) is 18.6 Å². The number of carbonyl (C=O) groups excluding carboxylic acids is 1. The second-order valence-electron chi connectivity index (χ2n) is 6.31. The molecule has 1 aliphatic rings. The van der Waals surface area contributed by atoms with Crippen molar-refractivity contribution in [1.29, 1.82) is 0 Å². The number of hydrogen-bond acceptors (Lipinski definition) is 5. The number of anilines is 1. The zero-order valence-electron chi connectivity index (χ0n) is 14.7. The average molecular weight is 406 g/mol.